The van der Waals surface area contributed by atoms with Crippen LogP contribution in [0, 0.1) is 6.92 Å². The first-order valence-corrected chi connectivity index (χ1v) is 10.9. The maximum atomic E-state index is 13.2. The number of fused-ring (bicyclic) bond motifs is 4. The number of nitrogens with zero attached hydrogens (tertiary/aromatic N) is 2. The van der Waals surface area contributed by atoms with E-state index in [4.69, 9.17) is 9.47 Å². The second-order valence-corrected chi connectivity index (χ2v) is 8.52. The van der Waals surface area contributed by atoms with E-state index in [0.717, 1.165) is 47.4 Å². The number of ether oxygens (including phenoxy) is 2. The number of benzene rings is 2. The van der Waals surface area contributed by atoms with E-state index in [-0.39, 0.29) is 12.3 Å². The van der Waals surface area contributed by atoms with Crippen LogP contribution in [0.25, 0.3) is 5.69 Å². The molecule has 32 heavy (non-hydrogen) atoms. The number of likely N-dealkylation sites (tertiary alicyclic amines) is 1. The van der Waals surface area contributed by atoms with Gasteiger partial charge in [-0.3, -0.25) is 4.79 Å². The number of carbonyl (C=O) groups is 2. The van der Waals surface area contributed by atoms with Gasteiger partial charge in [0.05, 0.1) is 18.5 Å². The fourth-order valence-corrected chi connectivity index (χ4v) is 4.87. The summed E-state index contributed by atoms with van der Waals surface area (Å²) < 4.78 is 14.2. The third kappa shape index (κ3) is 3.27. The molecule has 0 unspecified atom stereocenters. The number of aldehydes is 1. The lowest BCUT2D eigenvalue weighted by molar-refractivity contribution is -0.107. The molecule has 1 fully saturated rings. The number of piperidine rings is 1. The molecular weight excluding hydrogens is 404 g/mol. The van der Waals surface area contributed by atoms with Gasteiger partial charge in [0.1, 0.15) is 17.8 Å². The van der Waals surface area contributed by atoms with Crippen LogP contribution in [0.5, 0.6) is 11.5 Å². The topological polar surface area (TPSA) is 60.8 Å². The van der Waals surface area contributed by atoms with Gasteiger partial charge >= 0.3 is 0 Å². The van der Waals surface area contributed by atoms with Gasteiger partial charge in [-0.05, 0) is 48.9 Å². The molecule has 1 spiro atoms. The zero-order valence-corrected chi connectivity index (χ0v) is 18.3. The van der Waals surface area contributed by atoms with Gasteiger partial charge in [-0.1, -0.05) is 12.1 Å². The quantitative estimate of drug-likeness (QED) is 0.586. The Morgan fingerprint density at radius 1 is 1.16 bits per heavy atom. The normalized spacial score (nSPS) is 16.1. The van der Waals surface area contributed by atoms with Crippen molar-refractivity contribution in [3.8, 4) is 17.2 Å². The molecule has 6 nitrogen and oxygen atoms in total. The van der Waals surface area contributed by atoms with Gasteiger partial charge in [-0.2, -0.15) is 0 Å². The molecule has 0 radical (unpaired) electrons. The third-order valence-electron chi connectivity index (χ3n) is 6.59. The predicted molar refractivity (Wildman–Crippen MR) is 121 cm³/mol. The molecule has 5 rings (SSSR count). The predicted octanol–water partition coefficient (Wildman–Crippen LogP) is 4.06. The summed E-state index contributed by atoms with van der Waals surface area (Å²) in [5.41, 5.74) is 4.27. The first-order chi connectivity index (χ1) is 15.5. The van der Waals surface area contributed by atoms with E-state index in [2.05, 4.69) is 48.0 Å². The molecule has 0 atom stereocenters. The zero-order valence-electron chi connectivity index (χ0n) is 18.3. The first-order valence-electron chi connectivity index (χ1n) is 10.9. The molecule has 1 saturated heterocycles. The lowest BCUT2D eigenvalue weighted by Crippen LogP contribution is -2.50. The summed E-state index contributed by atoms with van der Waals surface area (Å²) in [6.45, 7) is 3.27. The highest BCUT2D eigenvalue weighted by molar-refractivity contribution is 5.95. The fraction of sp³-hybridized carbons (Fsp3) is 0.308. The van der Waals surface area contributed by atoms with Gasteiger partial charge in [-0.15, -0.1) is 0 Å². The van der Waals surface area contributed by atoms with Crippen LogP contribution in [0.3, 0.4) is 0 Å². The third-order valence-corrected chi connectivity index (χ3v) is 6.59. The Morgan fingerprint density at radius 2 is 1.97 bits per heavy atom. The Bertz CT molecular complexity index is 1190. The van der Waals surface area contributed by atoms with Crippen LogP contribution >= 0.6 is 0 Å². The minimum atomic E-state index is -0.438. The molecule has 2 aliphatic rings. The number of methoxy groups -OCH3 is 1. The lowest BCUT2D eigenvalue weighted by Gasteiger charge is -2.45. The maximum Gasteiger partial charge on any atom is 0.253 e. The molecule has 0 saturated carbocycles. The van der Waals surface area contributed by atoms with Crippen molar-refractivity contribution in [2.45, 2.75) is 31.8 Å². The molecule has 3 aromatic rings. The van der Waals surface area contributed by atoms with Gasteiger partial charge in [0.25, 0.3) is 5.91 Å². The smallest absolute Gasteiger partial charge is 0.253 e. The van der Waals surface area contributed by atoms with Crippen LogP contribution in [0.2, 0.25) is 0 Å². The molecule has 0 bridgehead atoms. The first kappa shape index (κ1) is 20.4. The largest absolute Gasteiger partial charge is 0.496 e. The van der Waals surface area contributed by atoms with Gasteiger partial charge in [0, 0.05) is 49.7 Å². The SMILES string of the molecule is COc1cc(C(=O)N2CCC3(CC2)Oc2cc(C)ccc2-n2cccc23)ccc1CC=O. The maximum absolute atomic E-state index is 13.2. The summed E-state index contributed by atoms with van der Waals surface area (Å²) in [6, 6.07) is 15.8. The standard InChI is InChI=1S/C26H26N2O4/c1-18-5-8-21-23(16-18)32-26(24-4-3-12-28(21)24)10-13-27(14-11-26)25(30)20-7-6-19(9-15-29)22(17-20)31-2/h3-8,12,15-17H,9-11,13-14H2,1-2H3. The Kier molecular flexibility index (Phi) is 5.00. The molecule has 3 heterocycles. The Morgan fingerprint density at radius 3 is 2.72 bits per heavy atom. The van der Waals surface area contributed by atoms with Gasteiger partial charge in [-0.25, -0.2) is 0 Å². The molecule has 0 aliphatic carbocycles. The van der Waals surface area contributed by atoms with E-state index < -0.39 is 5.60 Å². The Labute approximate surface area is 187 Å². The van der Waals surface area contributed by atoms with Crippen molar-refractivity contribution in [3.05, 3.63) is 77.1 Å². The summed E-state index contributed by atoms with van der Waals surface area (Å²) in [6.07, 6.45) is 4.62. The van der Waals surface area contributed by atoms with Crippen LogP contribution in [0.1, 0.15) is 40.0 Å². The minimum absolute atomic E-state index is 0.0294. The average Bonchev–Trinajstić information content (AvgIpc) is 3.31. The Balaban J connectivity index is 1.38. The van der Waals surface area contributed by atoms with Gasteiger partial charge < -0.3 is 23.7 Å². The van der Waals surface area contributed by atoms with E-state index in [1.165, 1.54) is 0 Å². The van der Waals surface area contributed by atoms with E-state index in [1.807, 2.05) is 4.90 Å². The van der Waals surface area contributed by atoms with E-state index in [1.54, 1.807) is 25.3 Å². The van der Waals surface area contributed by atoms with Crippen LogP contribution in [-0.4, -0.2) is 41.9 Å². The van der Waals surface area contributed by atoms with Crippen molar-refractivity contribution < 1.29 is 19.1 Å². The van der Waals surface area contributed by atoms with Crippen LogP contribution < -0.4 is 9.47 Å². The summed E-state index contributed by atoms with van der Waals surface area (Å²) in [5, 5.41) is 0. The van der Waals surface area contributed by atoms with Crippen molar-refractivity contribution >= 4 is 12.2 Å². The number of hydrogen-bond donors (Lipinski definition) is 0. The van der Waals surface area contributed by atoms with Crippen molar-refractivity contribution in [1.82, 2.24) is 9.47 Å². The van der Waals surface area contributed by atoms with Crippen LogP contribution in [0.15, 0.2) is 54.7 Å². The number of aryl methyl sites for hydroxylation is 1. The van der Waals surface area contributed by atoms with Crippen molar-refractivity contribution in [3.63, 3.8) is 0 Å². The zero-order chi connectivity index (χ0) is 22.3. The van der Waals surface area contributed by atoms with Gasteiger partial charge in [0.2, 0.25) is 0 Å². The van der Waals surface area contributed by atoms with E-state index in [9.17, 15) is 9.59 Å². The highest BCUT2D eigenvalue weighted by atomic mass is 16.5. The molecule has 1 aromatic heterocycles. The Hall–Kier alpha value is -3.54. The number of rotatable bonds is 4. The fourth-order valence-electron chi connectivity index (χ4n) is 4.87. The second-order valence-electron chi connectivity index (χ2n) is 8.52. The molecular formula is C26H26N2O4. The molecule has 0 N–H and O–H groups in total. The van der Waals surface area contributed by atoms with Crippen molar-refractivity contribution in [2.24, 2.45) is 0 Å². The molecule has 2 aromatic carbocycles. The summed E-state index contributed by atoms with van der Waals surface area (Å²) in [5.74, 6) is 1.43. The molecule has 1 amide bonds. The molecule has 164 valence electrons. The van der Waals surface area contributed by atoms with E-state index in [0.29, 0.717) is 24.4 Å². The van der Waals surface area contributed by atoms with Gasteiger partial charge in [0.15, 0.2) is 5.60 Å². The summed E-state index contributed by atoms with van der Waals surface area (Å²) in [4.78, 5) is 26.0. The number of amides is 1. The monoisotopic (exact) mass is 430 g/mol. The average molecular weight is 431 g/mol. The van der Waals surface area contributed by atoms with Crippen molar-refractivity contribution in [1.29, 1.82) is 0 Å². The second kappa shape index (κ2) is 7.86. The summed E-state index contributed by atoms with van der Waals surface area (Å²) in [7, 11) is 1.55. The lowest BCUT2D eigenvalue weighted by atomic mass is 9.86. The number of carbonyl (C=O) groups excluding carboxylic acids is 2. The minimum Gasteiger partial charge on any atom is -0.496 e. The van der Waals surface area contributed by atoms with Crippen LogP contribution in [-0.2, 0) is 16.8 Å². The number of hydrogen-bond acceptors (Lipinski definition) is 4. The van der Waals surface area contributed by atoms with E-state index >= 15 is 0 Å². The highest BCUT2D eigenvalue weighted by Crippen LogP contribution is 2.45. The van der Waals surface area contributed by atoms with Crippen LogP contribution in [0.4, 0.5) is 0 Å². The molecule has 6 heteroatoms. The molecule has 2 aliphatic heterocycles. The number of aromatic nitrogens is 1. The van der Waals surface area contributed by atoms with Crippen molar-refractivity contribution in [2.75, 3.05) is 20.2 Å². The highest BCUT2D eigenvalue weighted by Gasteiger charge is 2.44. The summed E-state index contributed by atoms with van der Waals surface area (Å²) >= 11 is 0.